The number of nitrogens with zero attached hydrogens (tertiary/aromatic N) is 1. The molecule has 148 valence electrons. The molecule has 0 radical (unpaired) electrons. The third-order valence-corrected chi connectivity index (χ3v) is 5.29. The van der Waals surface area contributed by atoms with Gasteiger partial charge in [0.2, 0.25) is 5.92 Å². The van der Waals surface area contributed by atoms with Crippen molar-refractivity contribution in [2.24, 2.45) is 5.92 Å². The first-order chi connectivity index (χ1) is 13.1. The van der Waals surface area contributed by atoms with Crippen LogP contribution in [0, 0.1) is 12.8 Å². The maximum Gasteiger partial charge on any atom is 0.326 e. The predicted octanol–water partition coefficient (Wildman–Crippen LogP) is 4.44. The van der Waals surface area contributed by atoms with Gasteiger partial charge in [-0.3, -0.25) is 9.78 Å². The third-order valence-electron chi connectivity index (χ3n) is 4.80. The summed E-state index contributed by atoms with van der Waals surface area (Å²) in [6.07, 6.45) is -0.692. The van der Waals surface area contributed by atoms with E-state index >= 15 is 0 Å². The maximum absolute atomic E-state index is 13.0. The van der Waals surface area contributed by atoms with Crippen LogP contribution in [0.2, 0.25) is 0 Å². The summed E-state index contributed by atoms with van der Waals surface area (Å²) in [6.45, 7) is 1.67. The number of rotatable bonds is 6. The van der Waals surface area contributed by atoms with Crippen LogP contribution in [0.4, 0.5) is 8.78 Å². The summed E-state index contributed by atoms with van der Waals surface area (Å²) in [7, 11) is 0. The summed E-state index contributed by atoms with van der Waals surface area (Å²) >= 11 is 3.40. The van der Waals surface area contributed by atoms with Crippen LogP contribution in [0.1, 0.15) is 35.3 Å². The Morgan fingerprint density at radius 3 is 2.61 bits per heavy atom. The van der Waals surface area contributed by atoms with Crippen molar-refractivity contribution in [3.05, 3.63) is 52.1 Å². The second kappa shape index (κ2) is 7.95. The SMILES string of the molecule is Cc1nc(-c2cccc(Br)c2)ccc1C(=O)NC(CC1CC(F)(F)C1)C(=O)O. The molecular weight excluding hydrogens is 434 g/mol. The molecule has 1 aromatic carbocycles. The van der Waals surface area contributed by atoms with E-state index in [1.807, 2.05) is 24.3 Å². The van der Waals surface area contributed by atoms with Crippen molar-refractivity contribution in [1.29, 1.82) is 0 Å². The van der Waals surface area contributed by atoms with Crippen LogP contribution in [0.25, 0.3) is 11.3 Å². The van der Waals surface area contributed by atoms with Gasteiger partial charge in [0.1, 0.15) is 6.04 Å². The Morgan fingerprint density at radius 1 is 1.32 bits per heavy atom. The number of aryl methyl sites for hydroxylation is 1. The number of aromatic nitrogens is 1. The molecule has 1 aliphatic carbocycles. The number of hydrogen-bond acceptors (Lipinski definition) is 3. The molecule has 2 N–H and O–H groups in total. The summed E-state index contributed by atoms with van der Waals surface area (Å²) < 4.78 is 26.9. The Hall–Kier alpha value is -2.35. The lowest BCUT2D eigenvalue weighted by molar-refractivity contribution is -0.143. The number of benzene rings is 1. The molecule has 1 unspecified atom stereocenters. The van der Waals surface area contributed by atoms with E-state index in [1.165, 1.54) is 0 Å². The molecule has 1 fully saturated rings. The molecule has 0 aliphatic heterocycles. The first-order valence-corrected chi connectivity index (χ1v) is 9.59. The highest BCUT2D eigenvalue weighted by atomic mass is 79.9. The van der Waals surface area contributed by atoms with Crippen molar-refractivity contribution in [3.63, 3.8) is 0 Å². The summed E-state index contributed by atoms with van der Waals surface area (Å²) in [4.78, 5) is 28.4. The first-order valence-electron chi connectivity index (χ1n) is 8.80. The maximum atomic E-state index is 13.0. The molecule has 1 aliphatic rings. The molecule has 1 aromatic heterocycles. The smallest absolute Gasteiger partial charge is 0.326 e. The van der Waals surface area contributed by atoms with Gasteiger partial charge >= 0.3 is 5.97 Å². The number of alkyl halides is 2. The molecule has 1 atom stereocenters. The number of carbonyl (C=O) groups is 2. The third kappa shape index (κ3) is 4.73. The molecule has 0 bridgehead atoms. The zero-order chi connectivity index (χ0) is 20.5. The normalized spacial score (nSPS) is 16.9. The van der Waals surface area contributed by atoms with E-state index in [9.17, 15) is 23.5 Å². The zero-order valence-corrected chi connectivity index (χ0v) is 16.7. The molecule has 1 saturated carbocycles. The number of nitrogens with one attached hydrogen (secondary N) is 1. The quantitative estimate of drug-likeness (QED) is 0.678. The lowest BCUT2D eigenvalue weighted by Crippen LogP contribution is -2.46. The van der Waals surface area contributed by atoms with Crippen LogP contribution in [-0.2, 0) is 4.79 Å². The summed E-state index contributed by atoms with van der Waals surface area (Å²) in [5, 5.41) is 11.8. The van der Waals surface area contributed by atoms with Crippen LogP contribution in [0.3, 0.4) is 0 Å². The van der Waals surface area contributed by atoms with Gasteiger partial charge in [0.05, 0.1) is 17.0 Å². The van der Waals surface area contributed by atoms with Gasteiger partial charge in [-0.15, -0.1) is 0 Å². The Morgan fingerprint density at radius 2 is 2.04 bits per heavy atom. The topological polar surface area (TPSA) is 79.3 Å². The zero-order valence-electron chi connectivity index (χ0n) is 15.1. The number of aliphatic carboxylic acids is 1. The highest BCUT2D eigenvalue weighted by Crippen LogP contribution is 2.44. The van der Waals surface area contributed by atoms with Crippen molar-refractivity contribution >= 4 is 27.8 Å². The Balaban J connectivity index is 1.71. The number of carboxylic acids is 1. The average Bonchev–Trinajstić information content (AvgIpc) is 2.59. The largest absolute Gasteiger partial charge is 0.480 e. The summed E-state index contributed by atoms with van der Waals surface area (Å²) in [5.74, 6) is -4.95. The van der Waals surface area contributed by atoms with Gasteiger partial charge in [-0.2, -0.15) is 0 Å². The van der Waals surface area contributed by atoms with E-state index in [0.717, 1.165) is 10.0 Å². The van der Waals surface area contributed by atoms with Gasteiger partial charge < -0.3 is 10.4 Å². The van der Waals surface area contributed by atoms with Gasteiger partial charge in [0.25, 0.3) is 5.91 Å². The van der Waals surface area contributed by atoms with E-state index in [1.54, 1.807) is 19.1 Å². The molecular formula is C20H19BrF2N2O3. The Kier molecular flexibility index (Phi) is 5.79. The van der Waals surface area contributed by atoms with Crippen LogP contribution < -0.4 is 5.32 Å². The molecule has 1 amide bonds. The van der Waals surface area contributed by atoms with Gasteiger partial charge in [0.15, 0.2) is 0 Å². The highest BCUT2D eigenvalue weighted by Gasteiger charge is 2.46. The Labute approximate surface area is 169 Å². The molecule has 3 rings (SSSR count). The first kappa shape index (κ1) is 20.4. The highest BCUT2D eigenvalue weighted by molar-refractivity contribution is 9.10. The minimum atomic E-state index is -2.72. The number of carboxylic acid groups (broad SMARTS) is 1. The number of carbonyl (C=O) groups excluding carboxylic acids is 1. The minimum Gasteiger partial charge on any atom is -0.480 e. The van der Waals surface area contributed by atoms with Crippen molar-refractivity contribution in [2.75, 3.05) is 0 Å². The minimum absolute atomic E-state index is 0.0146. The molecule has 0 spiro atoms. The number of amides is 1. The van der Waals surface area contributed by atoms with E-state index < -0.39 is 29.8 Å². The van der Waals surface area contributed by atoms with Crippen LogP contribution in [0.5, 0.6) is 0 Å². The predicted molar refractivity (Wildman–Crippen MR) is 103 cm³/mol. The number of hydrogen-bond donors (Lipinski definition) is 2. The van der Waals surface area contributed by atoms with Crippen molar-refractivity contribution in [1.82, 2.24) is 10.3 Å². The van der Waals surface area contributed by atoms with Crippen LogP contribution in [-0.4, -0.2) is 33.9 Å². The monoisotopic (exact) mass is 452 g/mol. The van der Waals surface area contributed by atoms with Crippen LogP contribution >= 0.6 is 15.9 Å². The molecule has 2 aromatic rings. The van der Waals surface area contributed by atoms with Gasteiger partial charge in [-0.1, -0.05) is 28.1 Å². The summed E-state index contributed by atoms with van der Waals surface area (Å²) in [6, 6.07) is 9.62. The van der Waals surface area contributed by atoms with E-state index in [2.05, 4.69) is 26.2 Å². The average molecular weight is 453 g/mol. The van der Waals surface area contributed by atoms with Crippen molar-refractivity contribution in [2.45, 2.75) is 38.2 Å². The molecule has 8 heteroatoms. The lowest BCUT2D eigenvalue weighted by Gasteiger charge is -2.36. The fourth-order valence-electron chi connectivity index (χ4n) is 3.35. The number of halogens is 3. The van der Waals surface area contributed by atoms with Crippen LogP contribution in [0.15, 0.2) is 40.9 Å². The molecule has 0 saturated heterocycles. The van der Waals surface area contributed by atoms with Crippen molar-refractivity contribution < 1.29 is 23.5 Å². The second-order valence-corrected chi connectivity index (χ2v) is 7.99. The van der Waals surface area contributed by atoms with E-state index in [4.69, 9.17) is 0 Å². The number of pyridine rings is 1. The van der Waals surface area contributed by atoms with E-state index in [-0.39, 0.29) is 24.8 Å². The fourth-order valence-corrected chi connectivity index (χ4v) is 3.75. The molecule has 28 heavy (non-hydrogen) atoms. The molecule has 5 nitrogen and oxygen atoms in total. The standard InChI is InChI=1S/C20H19BrF2N2O3/c1-11-15(5-6-16(24-11)13-3-2-4-14(21)8-13)18(26)25-17(19(27)28)7-12-9-20(22,23)10-12/h2-6,8,12,17H,7,9-10H2,1H3,(H,25,26)(H,27,28). The summed E-state index contributed by atoms with van der Waals surface area (Å²) in [5.41, 5.74) is 2.26. The molecule has 1 heterocycles. The van der Waals surface area contributed by atoms with Gasteiger partial charge in [-0.25, -0.2) is 13.6 Å². The Bertz CT molecular complexity index is 912. The van der Waals surface area contributed by atoms with E-state index in [0.29, 0.717) is 11.4 Å². The fraction of sp³-hybridized carbons (Fsp3) is 0.350. The van der Waals surface area contributed by atoms with Crippen molar-refractivity contribution in [3.8, 4) is 11.3 Å². The van der Waals surface area contributed by atoms with Gasteiger partial charge in [-0.05, 0) is 43.5 Å². The lowest BCUT2D eigenvalue weighted by atomic mass is 9.77. The van der Waals surface area contributed by atoms with Gasteiger partial charge in [0, 0.05) is 22.9 Å². The second-order valence-electron chi connectivity index (χ2n) is 7.07.